The van der Waals surface area contributed by atoms with Crippen LogP contribution in [0.15, 0.2) is 0 Å². The van der Waals surface area contributed by atoms with E-state index in [0.717, 1.165) is 0 Å². The molecule has 1 atom stereocenters. The summed E-state index contributed by atoms with van der Waals surface area (Å²) in [6.07, 6.45) is 8.18. The molecule has 0 spiro atoms. The van der Waals surface area contributed by atoms with Gasteiger partial charge >= 0.3 is 0 Å². The van der Waals surface area contributed by atoms with Crippen molar-refractivity contribution in [3.05, 3.63) is 36.5 Å². The van der Waals surface area contributed by atoms with Crippen LogP contribution in [0.4, 0.5) is 0 Å². The van der Waals surface area contributed by atoms with E-state index in [0.29, 0.717) is 36.7 Å². The molecule has 1 unspecified atom stereocenters. The van der Waals surface area contributed by atoms with Crippen molar-refractivity contribution < 1.29 is 206 Å². The van der Waals surface area contributed by atoms with Gasteiger partial charge in [0.05, 0.1) is 12.7 Å². The van der Waals surface area contributed by atoms with Crippen LogP contribution in [0.2, 0.25) is 0 Å². The third kappa shape index (κ3) is 18.2. The third-order valence-corrected chi connectivity index (χ3v) is 2.45. The van der Waals surface area contributed by atoms with Gasteiger partial charge in [0, 0.05) is 221 Å². The Labute approximate surface area is 304 Å². The maximum Gasteiger partial charge on any atom is 0.0768 e. The van der Waals surface area contributed by atoms with Crippen LogP contribution in [-0.4, -0.2) is 54.8 Å². The average molecular weight is 807 g/mol. The number of methoxy groups -OCH3 is 1. The number of nitrogens with zero attached hydrogens (tertiary/aromatic N) is 6. The van der Waals surface area contributed by atoms with Crippen molar-refractivity contribution in [1.29, 1.82) is 0 Å². The number of ether oxygens (including phenoxy) is 1. The van der Waals surface area contributed by atoms with Crippen molar-refractivity contribution in [2.24, 2.45) is 0 Å². The van der Waals surface area contributed by atoms with Gasteiger partial charge in [-0.05, 0) is 12.8 Å². The second-order valence-electron chi connectivity index (χ2n) is 4.04. The largest absolute Gasteiger partial charge is 0.505 e. The van der Waals surface area contributed by atoms with E-state index < -0.39 is 6.10 Å². The van der Waals surface area contributed by atoms with Crippen LogP contribution in [-0.2, 0) is 214 Å². The minimum absolute atomic E-state index is 0. The first-order valence-corrected chi connectivity index (χ1v) is 6.02. The molecule has 0 saturated carbocycles. The van der Waals surface area contributed by atoms with Gasteiger partial charge in [-0.2, -0.15) is 12.7 Å². The zero-order chi connectivity index (χ0) is 14.2. The first-order valence-electron chi connectivity index (χ1n) is 6.02. The monoisotopic (exact) mass is 807 g/mol. The van der Waals surface area contributed by atoms with Crippen molar-refractivity contribution in [2.45, 2.75) is 25.4 Å². The molecule has 6 radical (unpaired) electrons. The van der Waals surface area contributed by atoms with Gasteiger partial charge in [0.1, 0.15) is 0 Å². The SMILES string of the molecule is COCC(O)CCc1n[c-]nc(Cc2n[c-]n[c-]n2)n1.[Y].[Y].[Y].[Y].[Y].[Y]. The van der Waals surface area contributed by atoms with Gasteiger partial charge in [-0.1, -0.05) is 6.42 Å². The first kappa shape index (κ1) is 40.9. The minimum atomic E-state index is -0.534. The van der Waals surface area contributed by atoms with Gasteiger partial charge in [0.25, 0.3) is 0 Å². The quantitative estimate of drug-likeness (QED) is 0.355. The number of hydrogen-bond acceptors (Lipinski definition) is 8. The van der Waals surface area contributed by atoms with E-state index in [1.165, 1.54) is 0 Å². The Morgan fingerprint density at radius 1 is 0.846 bits per heavy atom. The zero-order valence-corrected chi connectivity index (χ0v) is 31.4. The van der Waals surface area contributed by atoms with E-state index in [-0.39, 0.29) is 203 Å². The Hall–Kier alpha value is 4.56. The molecule has 0 aromatic carbocycles. The summed E-state index contributed by atoms with van der Waals surface area (Å²) in [6, 6.07) is 0. The average Bonchev–Trinajstić information content (AvgIpc) is 2.47. The normalized spacial score (nSPS) is 9.46. The maximum absolute atomic E-state index is 9.57. The second kappa shape index (κ2) is 25.8. The molecular formula is C12H13N6O2Y6-3. The summed E-state index contributed by atoms with van der Waals surface area (Å²) in [5.74, 6) is 1.54. The maximum atomic E-state index is 9.57. The number of aryl methyl sites for hydroxylation is 1. The molecule has 0 saturated heterocycles. The molecule has 26 heavy (non-hydrogen) atoms. The molecule has 2 aromatic rings. The van der Waals surface area contributed by atoms with Gasteiger partial charge in [0.2, 0.25) is 0 Å². The predicted octanol–water partition coefficient (Wildman–Crippen LogP) is -1.03. The van der Waals surface area contributed by atoms with E-state index in [4.69, 9.17) is 4.74 Å². The molecule has 0 amide bonds. The molecule has 0 aliphatic rings. The fraction of sp³-hybridized carbons (Fsp3) is 0.500. The van der Waals surface area contributed by atoms with Gasteiger partial charge in [-0.15, -0.1) is 5.82 Å². The molecule has 8 nitrogen and oxygen atoms in total. The molecule has 14 heteroatoms. The van der Waals surface area contributed by atoms with E-state index in [2.05, 4.69) is 48.9 Å². The molecule has 2 heterocycles. The van der Waals surface area contributed by atoms with E-state index in [9.17, 15) is 5.11 Å². The molecule has 0 aliphatic heterocycles. The molecule has 2 aromatic heterocycles. The number of aromatic nitrogens is 6. The van der Waals surface area contributed by atoms with Crippen LogP contribution in [0.1, 0.15) is 23.9 Å². The van der Waals surface area contributed by atoms with Crippen molar-refractivity contribution in [2.75, 3.05) is 13.7 Å². The van der Waals surface area contributed by atoms with Crippen molar-refractivity contribution in [1.82, 2.24) is 29.9 Å². The Kier molecular flexibility index (Phi) is 40.6. The van der Waals surface area contributed by atoms with Crippen LogP contribution in [0.5, 0.6) is 0 Å². The van der Waals surface area contributed by atoms with E-state index in [1.807, 2.05) is 0 Å². The van der Waals surface area contributed by atoms with E-state index >= 15 is 0 Å². The minimum Gasteiger partial charge on any atom is -0.505 e. The fourth-order valence-electron chi connectivity index (χ4n) is 1.53. The summed E-state index contributed by atoms with van der Waals surface area (Å²) >= 11 is 0. The third-order valence-electron chi connectivity index (χ3n) is 2.45. The van der Waals surface area contributed by atoms with Gasteiger partial charge in [-0.3, -0.25) is 0 Å². The standard InChI is InChI=1S/C12H13N6O2.6Y/c1-20-5-9(19)2-3-10-16-8-17-12(18-10)4-11-14-6-13-7-15-11;;;;;;/h9,19H,2-5H2,1H3;;;;;;/q-3;;;;;;. The number of aliphatic hydroxyl groups excluding tert-OH is 1. The molecule has 124 valence electrons. The number of rotatable bonds is 7. The van der Waals surface area contributed by atoms with Crippen molar-refractivity contribution >= 4 is 0 Å². The second-order valence-corrected chi connectivity index (χ2v) is 4.04. The van der Waals surface area contributed by atoms with E-state index in [1.54, 1.807) is 7.11 Å². The molecule has 0 fully saturated rings. The van der Waals surface area contributed by atoms with Crippen LogP contribution < -0.4 is 0 Å². The molecule has 0 bridgehead atoms. The molecule has 0 aliphatic carbocycles. The number of hydrogen-bond donors (Lipinski definition) is 1. The van der Waals surface area contributed by atoms with Gasteiger partial charge in [0.15, 0.2) is 0 Å². The summed E-state index contributed by atoms with van der Waals surface area (Å²) in [5, 5.41) is 9.57. The van der Waals surface area contributed by atoms with Crippen LogP contribution in [0, 0.1) is 19.0 Å². The summed E-state index contributed by atoms with van der Waals surface area (Å²) in [5.41, 5.74) is 0. The molecular weight excluding hydrogens is 794 g/mol. The molecule has 1 N–H and O–H groups in total. The van der Waals surface area contributed by atoms with Crippen molar-refractivity contribution in [3.8, 4) is 0 Å². The zero-order valence-electron chi connectivity index (χ0n) is 14.4. The Morgan fingerprint density at radius 3 is 1.96 bits per heavy atom. The van der Waals surface area contributed by atoms with Crippen LogP contribution >= 0.6 is 0 Å². The van der Waals surface area contributed by atoms with Gasteiger partial charge in [-0.25, -0.2) is 0 Å². The van der Waals surface area contributed by atoms with Crippen molar-refractivity contribution in [3.63, 3.8) is 0 Å². The van der Waals surface area contributed by atoms with Crippen LogP contribution in [0.25, 0.3) is 0 Å². The summed E-state index contributed by atoms with van der Waals surface area (Å²) in [4.78, 5) is 23.4. The predicted molar refractivity (Wildman–Crippen MR) is 65.2 cm³/mol. The fourth-order valence-corrected chi connectivity index (χ4v) is 1.53. The smallest absolute Gasteiger partial charge is 0.0768 e. The Morgan fingerprint density at radius 2 is 1.38 bits per heavy atom. The Balaban J connectivity index is -0.000000245. The number of aliphatic hydroxyl groups is 1. The van der Waals surface area contributed by atoms with Gasteiger partial charge < -0.3 is 39.7 Å². The first-order chi connectivity index (χ1) is 9.78. The summed E-state index contributed by atoms with van der Waals surface area (Å²) < 4.78 is 4.85. The Bertz CT molecular complexity index is 545. The van der Waals surface area contributed by atoms with Crippen LogP contribution in [0.3, 0.4) is 0 Å². The summed E-state index contributed by atoms with van der Waals surface area (Å²) in [7, 11) is 1.54. The topological polar surface area (TPSA) is 107 Å². The molecule has 2 rings (SSSR count). The summed E-state index contributed by atoms with van der Waals surface area (Å²) in [6.45, 7) is 0.290.